The molecule has 0 aliphatic heterocycles. The number of methoxy groups -OCH3 is 1. The quantitative estimate of drug-likeness (QED) is 0.780. The highest BCUT2D eigenvalue weighted by atomic mass is 32.2. The van der Waals surface area contributed by atoms with E-state index in [1.807, 2.05) is 0 Å². The average Bonchev–Trinajstić information content (AvgIpc) is 3.10. The number of hydrogen-bond acceptors (Lipinski definition) is 7. The molecular weight excluding hydrogens is 360 g/mol. The molecule has 9 nitrogen and oxygen atoms in total. The minimum atomic E-state index is -3.85. The van der Waals surface area contributed by atoms with Crippen molar-refractivity contribution in [3.05, 3.63) is 29.7 Å². The van der Waals surface area contributed by atoms with Gasteiger partial charge in [0.15, 0.2) is 5.65 Å². The van der Waals surface area contributed by atoms with Gasteiger partial charge in [-0.05, 0) is 32.6 Å². The van der Waals surface area contributed by atoms with Gasteiger partial charge in [-0.25, -0.2) is 22.6 Å². The highest BCUT2D eigenvalue weighted by Crippen LogP contribution is 2.29. The van der Waals surface area contributed by atoms with E-state index in [2.05, 4.69) is 14.8 Å². The molecule has 0 atom stereocenters. The zero-order valence-corrected chi connectivity index (χ0v) is 15.3. The van der Waals surface area contributed by atoms with Crippen LogP contribution in [0, 0.1) is 12.8 Å². The molecule has 0 saturated heterocycles. The lowest BCUT2D eigenvalue weighted by atomic mass is 9.89. The van der Waals surface area contributed by atoms with Crippen LogP contribution in [0.15, 0.2) is 18.5 Å². The molecule has 2 aromatic rings. The molecule has 0 spiro atoms. The maximum Gasteiger partial charge on any atom is 0.308 e. The summed E-state index contributed by atoms with van der Waals surface area (Å²) in [6, 6.07) is 1.69. The van der Waals surface area contributed by atoms with Crippen LogP contribution in [-0.2, 0) is 19.6 Å². The van der Waals surface area contributed by atoms with Gasteiger partial charge in [-0.1, -0.05) is 0 Å². The molecule has 1 amide bonds. The fraction of sp³-hybridized carbons (Fsp3) is 0.500. The van der Waals surface area contributed by atoms with Crippen LogP contribution >= 0.6 is 0 Å². The summed E-state index contributed by atoms with van der Waals surface area (Å²) in [6.07, 6.45) is 4.34. The van der Waals surface area contributed by atoms with E-state index in [-0.39, 0.29) is 17.5 Å². The first-order valence-electron chi connectivity index (χ1n) is 8.26. The summed E-state index contributed by atoms with van der Waals surface area (Å²) in [5.74, 6) is -1.34. The van der Waals surface area contributed by atoms with E-state index in [4.69, 9.17) is 4.74 Å². The fourth-order valence-corrected chi connectivity index (χ4v) is 4.68. The normalized spacial score (nSPS) is 20.7. The predicted octanol–water partition coefficient (Wildman–Crippen LogP) is 0.829. The van der Waals surface area contributed by atoms with Crippen molar-refractivity contribution in [3.63, 3.8) is 0 Å². The van der Waals surface area contributed by atoms with Gasteiger partial charge in [0.1, 0.15) is 0 Å². The molecule has 0 radical (unpaired) electrons. The van der Waals surface area contributed by atoms with Crippen LogP contribution < -0.4 is 4.72 Å². The maximum absolute atomic E-state index is 12.5. The monoisotopic (exact) mass is 380 g/mol. The number of fused-ring (bicyclic) bond motifs is 1. The highest BCUT2D eigenvalue weighted by molar-refractivity contribution is 7.90. The van der Waals surface area contributed by atoms with E-state index in [1.54, 1.807) is 19.2 Å². The van der Waals surface area contributed by atoms with E-state index in [0.717, 1.165) is 0 Å². The zero-order chi connectivity index (χ0) is 18.9. The summed E-state index contributed by atoms with van der Waals surface area (Å²) in [5.41, 5.74) is 1.22. The molecule has 2 heterocycles. The lowest BCUT2D eigenvalue weighted by molar-refractivity contribution is -0.146. The Morgan fingerprint density at radius 1 is 1.27 bits per heavy atom. The molecule has 1 aliphatic rings. The first-order chi connectivity index (χ1) is 12.3. The van der Waals surface area contributed by atoms with Crippen molar-refractivity contribution in [3.8, 4) is 0 Å². The number of rotatable bonds is 4. The number of sulfonamides is 1. The number of esters is 1. The van der Waals surface area contributed by atoms with Gasteiger partial charge < -0.3 is 4.74 Å². The Hall–Kier alpha value is -2.49. The third-order valence-electron chi connectivity index (χ3n) is 4.78. The summed E-state index contributed by atoms with van der Waals surface area (Å²) >= 11 is 0. The van der Waals surface area contributed by atoms with Crippen LogP contribution in [0.25, 0.3) is 5.65 Å². The van der Waals surface area contributed by atoms with Crippen molar-refractivity contribution in [2.75, 3.05) is 7.11 Å². The molecule has 0 unspecified atom stereocenters. The van der Waals surface area contributed by atoms with Gasteiger partial charge in [0.2, 0.25) is 10.0 Å². The van der Waals surface area contributed by atoms with Gasteiger partial charge in [-0.3, -0.25) is 9.59 Å². The number of amides is 1. The van der Waals surface area contributed by atoms with Crippen LogP contribution in [0.4, 0.5) is 0 Å². The number of aryl methyl sites for hydroxylation is 1. The second-order valence-electron chi connectivity index (χ2n) is 6.33. The van der Waals surface area contributed by atoms with E-state index in [1.165, 1.54) is 17.8 Å². The van der Waals surface area contributed by atoms with E-state index in [0.29, 0.717) is 37.0 Å². The van der Waals surface area contributed by atoms with Crippen molar-refractivity contribution < 1.29 is 22.7 Å². The van der Waals surface area contributed by atoms with E-state index < -0.39 is 21.2 Å². The summed E-state index contributed by atoms with van der Waals surface area (Å²) in [7, 11) is -2.53. The van der Waals surface area contributed by atoms with Crippen molar-refractivity contribution in [2.45, 2.75) is 37.9 Å². The van der Waals surface area contributed by atoms with Gasteiger partial charge in [0, 0.05) is 12.3 Å². The fourth-order valence-electron chi connectivity index (χ4n) is 3.26. The summed E-state index contributed by atoms with van der Waals surface area (Å²) in [4.78, 5) is 28.1. The van der Waals surface area contributed by atoms with Crippen LogP contribution in [0.3, 0.4) is 0 Å². The Balaban J connectivity index is 1.72. The SMILES string of the molecule is COC(=O)C1CCC(S(=O)(=O)NC(=O)c2cnc3ccnn3c2C)CC1. The third kappa shape index (κ3) is 3.41. The lowest BCUT2D eigenvalue weighted by Crippen LogP contribution is -2.41. The first-order valence-corrected chi connectivity index (χ1v) is 9.81. The molecule has 0 aromatic carbocycles. The zero-order valence-electron chi connectivity index (χ0n) is 14.5. The second-order valence-corrected chi connectivity index (χ2v) is 8.29. The minimum Gasteiger partial charge on any atom is -0.469 e. The number of ether oxygens (including phenoxy) is 1. The molecular formula is C16H20N4O5S. The molecule has 10 heteroatoms. The first kappa shape index (κ1) is 18.3. The maximum atomic E-state index is 12.5. The van der Waals surface area contributed by atoms with Crippen molar-refractivity contribution in [1.29, 1.82) is 0 Å². The van der Waals surface area contributed by atoms with Gasteiger partial charge in [-0.2, -0.15) is 5.10 Å². The number of nitrogens with zero attached hydrogens (tertiary/aromatic N) is 3. The van der Waals surface area contributed by atoms with Gasteiger partial charge >= 0.3 is 5.97 Å². The van der Waals surface area contributed by atoms with Gasteiger partial charge in [0.05, 0.1) is 35.7 Å². The molecule has 140 valence electrons. The highest BCUT2D eigenvalue weighted by Gasteiger charge is 2.35. The van der Waals surface area contributed by atoms with Crippen molar-refractivity contribution in [1.82, 2.24) is 19.3 Å². The minimum absolute atomic E-state index is 0.146. The molecule has 1 fully saturated rings. The summed E-state index contributed by atoms with van der Waals surface area (Å²) in [5, 5.41) is 3.35. The third-order valence-corrected chi connectivity index (χ3v) is 6.60. The predicted molar refractivity (Wildman–Crippen MR) is 91.9 cm³/mol. The molecule has 1 aliphatic carbocycles. The molecule has 1 saturated carbocycles. The topological polar surface area (TPSA) is 120 Å². The average molecular weight is 380 g/mol. The standard InChI is InChI=1S/C16H20N4O5S/c1-10-13(9-17-14-7-8-18-20(10)14)15(21)19-26(23,24)12-5-3-11(4-6-12)16(22)25-2/h7-9,11-12H,3-6H2,1-2H3,(H,19,21). The van der Waals surface area contributed by atoms with Crippen molar-refractivity contribution in [2.24, 2.45) is 5.92 Å². The van der Waals surface area contributed by atoms with Crippen LogP contribution in [-0.4, -0.2) is 47.3 Å². The van der Waals surface area contributed by atoms with Gasteiger partial charge in [-0.15, -0.1) is 0 Å². The van der Waals surface area contributed by atoms with Crippen LogP contribution in [0.5, 0.6) is 0 Å². The number of aromatic nitrogens is 3. The summed E-state index contributed by atoms with van der Waals surface area (Å²) < 4.78 is 33.4. The van der Waals surface area contributed by atoms with Crippen LogP contribution in [0.1, 0.15) is 41.7 Å². The van der Waals surface area contributed by atoms with Gasteiger partial charge in [0.25, 0.3) is 5.91 Å². The molecule has 1 N–H and O–H groups in total. The Bertz CT molecular complexity index is 945. The Morgan fingerprint density at radius 2 is 1.96 bits per heavy atom. The van der Waals surface area contributed by atoms with Crippen LogP contribution in [0.2, 0.25) is 0 Å². The summed E-state index contributed by atoms with van der Waals surface area (Å²) in [6.45, 7) is 1.67. The Morgan fingerprint density at radius 3 is 2.62 bits per heavy atom. The molecule has 2 aromatic heterocycles. The Labute approximate surface area is 150 Å². The molecule has 3 rings (SSSR count). The van der Waals surface area contributed by atoms with E-state index in [9.17, 15) is 18.0 Å². The second kappa shape index (κ2) is 7.02. The number of hydrogen-bond donors (Lipinski definition) is 1. The number of carbonyl (C=O) groups is 2. The number of nitrogens with one attached hydrogen (secondary N) is 1. The molecule has 0 bridgehead atoms. The molecule has 26 heavy (non-hydrogen) atoms. The van der Waals surface area contributed by atoms with E-state index >= 15 is 0 Å². The largest absolute Gasteiger partial charge is 0.469 e. The Kier molecular flexibility index (Phi) is 4.94. The lowest BCUT2D eigenvalue weighted by Gasteiger charge is -2.26. The number of carbonyl (C=O) groups excluding carboxylic acids is 2. The smallest absolute Gasteiger partial charge is 0.308 e. The van der Waals surface area contributed by atoms with Crippen molar-refractivity contribution >= 4 is 27.5 Å².